The summed E-state index contributed by atoms with van der Waals surface area (Å²) < 4.78 is 71.6. The molecule has 250 valence electrons. The predicted molar refractivity (Wildman–Crippen MR) is 172 cm³/mol. The highest BCUT2D eigenvalue weighted by molar-refractivity contribution is 8.02. The number of benzene rings is 2. The number of likely N-dealkylation sites (N-methyl/N-ethyl adjacent to an activating group) is 1. The van der Waals surface area contributed by atoms with Crippen molar-refractivity contribution in [3.05, 3.63) is 75.5 Å². The van der Waals surface area contributed by atoms with Crippen molar-refractivity contribution in [1.29, 1.82) is 0 Å². The normalized spacial score (nSPS) is 18.8. The summed E-state index contributed by atoms with van der Waals surface area (Å²) in [7, 11) is -2.55. The van der Waals surface area contributed by atoms with E-state index in [0.29, 0.717) is 40.7 Å². The van der Waals surface area contributed by atoms with Gasteiger partial charge >= 0.3 is 12.6 Å². The molecule has 3 aromatic rings. The van der Waals surface area contributed by atoms with Gasteiger partial charge in [0.2, 0.25) is 15.9 Å². The summed E-state index contributed by atoms with van der Waals surface area (Å²) in [5, 5.41) is -0.807. The highest BCUT2D eigenvalue weighted by atomic mass is 35.5. The molecule has 0 bridgehead atoms. The van der Waals surface area contributed by atoms with Crippen LogP contribution in [-0.2, 0) is 37.2 Å². The second kappa shape index (κ2) is 13.7. The average Bonchev–Trinajstić information content (AvgIpc) is 3.63. The number of pyridine rings is 1. The molecule has 1 aromatic heterocycles. The number of carbonyl (C=O) groups is 2. The van der Waals surface area contributed by atoms with Crippen molar-refractivity contribution in [2.24, 2.45) is 5.92 Å². The van der Waals surface area contributed by atoms with Gasteiger partial charge in [-0.1, -0.05) is 29.3 Å². The third kappa shape index (κ3) is 7.31. The minimum Gasteiger partial charge on any atom is -0.489 e. The van der Waals surface area contributed by atoms with Crippen LogP contribution in [-0.4, -0.2) is 67.5 Å². The van der Waals surface area contributed by atoms with Crippen molar-refractivity contribution in [3.8, 4) is 11.5 Å². The molecule has 10 nitrogen and oxygen atoms in total. The minimum atomic E-state index is -4.17. The molecule has 0 N–H and O–H groups in total. The molecule has 1 saturated heterocycles. The van der Waals surface area contributed by atoms with Gasteiger partial charge in [0.15, 0.2) is 16.9 Å². The number of nitrogens with zero attached hydrogens (tertiary/aromatic N) is 3. The fourth-order valence-electron chi connectivity index (χ4n) is 5.40. The van der Waals surface area contributed by atoms with Crippen molar-refractivity contribution in [3.63, 3.8) is 0 Å². The highest BCUT2D eigenvalue weighted by Gasteiger charge is 2.43. The first-order valence-corrected chi connectivity index (χ1v) is 17.9. The Labute approximate surface area is 284 Å². The lowest BCUT2D eigenvalue weighted by Crippen LogP contribution is -2.40. The van der Waals surface area contributed by atoms with Crippen LogP contribution >= 0.6 is 35.0 Å². The maximum absolute atomic E-state index is 13.8. The number of fused-ring (bicyclic) bond motifs is 1. The Morgan fingerprint density at radius 1 is 1.11 bits per heavy atom. The molecule has 2 aliphatic heterocycles. The van der Waals surface area contributed by atoms with Gasteiger partial charge in [0.25, 0.3) is 0 Å². The number of hydrogen-bond acceptors (Lipinski definition) is 9. The smallest absolute Gasteiger partial charge is 0.387 e. The first kappa shape index (κ1) is 33.7. The van der Waals surface area contributed by atoms with Gasteiger partial charge in [-0.05, 0) is 65.8 Å². The lowest BCUT2D eigenvalue weighted by atomic mass is 10.0. The Balaban J connectivity index is 1.30. The van der Waals surface area contributed by atoms with Crippen LogP contribution in [0.5, 0.6) is 11.5 Å². The van der Waals surface area contributed by atoms with Crippen LogP contribution in [0, 0.1) is 5.92 Å². The van der Waals surface area contributed by atoms with Crippen LogP contribution in [0.25, 0.3) is 0 Å². The number of alkyl halides is 2. The van der Waals surface area contributed by atoms with E-state index in [-0.39, 0.29) is 51.7 Å². The van der Waals surface area contributed by atoms with E-state index < -0.39 is 34.1 Å². The van der Waals surface area contributed by atoms with Crippen LogP contribution in [0.2, 0.25) is 10.0 Å². The SMILES string of the molecule is CN1C(=O)Cc2cc(S(=O)(=O)N3CCS[C@H]3C(=O)OC(Cc3c(Cl)cncc3Cl)c3ccc(OC(F)F)c(OCC4CC4)c3)ccc21. The van der Waals surface area contributed by atoms with Crippen LogP contribution in [0.1, 0.15) is 35.6 Å². The van der Waals surface area contributed by atoms with Gasteiger partial charge in [-0.3, -0.25) is 9.78 Å². The van der Waals surface area contributed by atoms with Crippen molar-refractivity contribution in [2.75, 3.05) is 30.9 Å². The maximum Gasteiger partial charge on any atom is 0.387 e. The molecule has 0 spiro atoms. The van der Waals surface area contributed by atoms with Gasteiger partial charge in [0.1, 0.15) is 6.10 Å². The molecule has 2 aromatic carbocycles. The number of thioether (sulfide) groups is 1. The van der Waals surface area contributed by atoms with Crippen molar-refractivity contribution < 1.29 is 41.0 Å². The second-order valence-corrected chi connectivity index (χ2v) is 15.2. The summed E-state index contributed by atoms with van der Waals surface area (Å²) >= 11 is 13.9. The summed E-state index contributed by atoms with van der Waals surface area (Å²) in [5.41, 5.74) is 1.98. The number of ether oxygens (including phenoxy) is 3. The quantitative estimate of drug-likeness (QED) is 0.211. The van der Waals surface area contributed by atoms with Crippen LogP contribution in [0.4, 0.5) is 14.5 Å². The van der Waals surface area contributed by atoms with Crippen LogP contribution in [0.15, 0.2) is 53.7 Å². The van der Waals surface area contributed by atoms with Gasteiger partial charge < -0.3 is 19.1 Å². The topological polar surface area (TPSA) is 115 Å². The molecule has 47 heavy (non-hydrogen) atoms. The van der Waals surface area contributed by atoms with E-state index in [2.05, 4.69) is 9.72 Å². The molecule has 1 unspecified atom stereocenters. The number of carbonyl (C=O) groups excluding carboxylic acids is 2. The fraction of sp³-hybridized carbons (Fsp3) is 0.387. The van der Waals surface area contributed by atoms with Crippen LogP contribution < -0.4 is 14.4 Å². The Hall–Kier alpha value is -3.17. The number of esters is 1. The lowest BCUT2D eigenvalue weighted by Gasteiger charge is -2.26. The molecule has 2 fully saturated rings. The largest absolute Gasteiger partial charge is 0.489 e. The van der Waals surface area contributed by atoms with Crippen molar-refractivity contribution in [1.82, 2.24) is 9.29 Å². The first-order valence-electron chi connectivity index (χ1n) is 14.6. The van der Waals surface area contributed by atoms with E-state index in [9.17, 15) is 26.8 Å². The molecule has 1 saturated carbocycles. The van der Waals surface area contributed by atoms with E-state index in [1.54, 1.807) is 13.1 Å². The third-order valence-corrected chi connectivity index (χ3v) is 11.9. The van der Waals surface area contributed by atoms with Crippen molar-refractivity contribution in [2.45, 2.75) is 48.7 Å². The summed E-state index contributed by atoms with van der Waals surface area (Å²) in [6.45, 7) is -2.74. The molecule has 16 heteroatoms. The third-order valence-electron chi connectivity index (χ3n) is 8.11. The Morgan fingerprint density at radius 2 is 1.85 bits per heavy atom. The number of sulfonamides is 1. The van der Waals surface area contributed by atoms with Crippen molar-refractivity contribution >= 4 is 62.6 Å². The highest BCUT2D eigenvalue weighted by Crippen LogP contribution is 2.40. The van der Waals surface area contributed by atoms with E-state index in [1.807, 2.05) is 0 Å². The number of rotatable bonds is 12. The molecule has 0 radical (unpaired) electrons. The Kier molecular flexibility index (Phi) is 9.86. The maximum atomic E-state index is 13.8. The predicted octanol–water partition coefficient (Wildman–Crippen LogP) is 5.89. The molecule has 2 atom stereocenters. The minimum absolute atomic E-state index is 0.0421. The number of hydrogen-bond donors (Lipinski definition) is 0. The Morgan fingerprint density at radius 3 is 2.55 bits per heavy atom. The van der Waals surface area contributed by atoms with E-state index in [1.165, 1.54) is 47.6 Å². The zero-order valence-electron chi connectivity index (χ0n) is 24.9. The fourth-order valence-corrected chi connectivity index (χ4v) is 9.01. The molecule has 3 heterocycles. The van der Waals surface area contributed by atoms with Crippen LogP contribution in [0.3, 0.4) is 0 Å². The molecule has 1 amide bonds. The zero-order valence-corrected chi connectivity index (χ0v) is 28.1. The number of amides is 1. The standard InChI is InChI=1S/C31H29Cl2F2N3O7S2/c1-37-24-6-5-20(10-19(24)12-28(37)39)47(41,42)38-8-9-46-29(38)30(40)44-26(13-21-22(32)14-36-15-23(21)33)18-4-7-25(45-31(34)35)27(11-18)43-16-17-2-3-17/h4-7,10-11,14-15,17,26,29,31H,2-3,8-9,12-13,16H2,1H3/t26?,29-/m0/s1. The molecule has 6 rings (SSSR count). The number of halogens is 4. The molecule has 3 aliphatic rings. The van der Waals surface area contributed by atoms with Gasteiger partial charge in [0, 0.05) is 43.8 Å². The van der Waals surface area contributed by atoms with Gasteiger partial charge in [-0.2, -0.15) is 13.1 Å². The molecular formula is C31H29Cl2F2N3O7S2. The second-order valence-electron chi connectivity index (χ2n) is 11.3. The van der Waals surface area contributed by atoms with Gasteiger partial charge in [-0.15, -0.1) is 11.8 Å². The average molecular weight is 729 g/mol. The summed E-state index contributed by atoms with van der Waals surface area (Å²) in [4.78, 5) is 31.4. The summed E-state index contributed by atoms with van der Waals surface area (Å²) in [5.74, 6) is -0.491. The van der Waals surface area contributed by atoms with Gasteiger partial charge in [-0.25, -0.2) is 13.2 Å². The molecular weight excluding hydrogens is 699 g/mol. The Bertz CT molecular complexity index is 1790. The summed E-state index contributed by atoms with van der Waals surface area (Å²) in [6.07, 6.45) is 3.63. The zero-order chi connectivity index (χ0) is 33.5. The van der Waals surface area contributed by atoms with E-state index in [0.717, 1.165) is 28.9 Å². The lowest BCUT2D eigenvalue weighted by molar-refractivity contribution is -0.150. The van der Waals surface area contributed by atoms with E-state index >= 15 is 0 Å². The monoisotopic (exact) mass is 727 g/mol. The van der Waals surface area contributed by atoms with E-state index in [4.69, 9.17) is 32.7 Å². The van der Waals surface area contributed by atoms with Gasteiger partial charge in [0.05, 0.1) is 28.0 Å². The summed E-state index contributed by atoms with van der Waals surface area (Å²) in [6, 6.07) is 8.67. The number of aromatic nitrogens is 1. The molecule has 1 aliphatic carbocycles. The first-order chi connectivity index (χ1) is 22.4. The number of anilines is 1.